The molecule has 0 amide bonds. The highest BCUT2D eigenvalue weighted by Crippen LogP contribution is 2.21. The molecule has 0 radical (unpaired) electrons. The van der Waals surface area contributed by atoms with Gasteiger partial charge in [0.1, 0.15) is 0 Å². The minimum absolute atomic E-state index is 0.468. The van der Waals surface area contributed by atoms with Crippen LogP contribution in [0.1, 0.15) is 4.88 Å². The Labute approximate surface area is 132 Å². The number of thiophene rings is 1. The second kappa shape index (κ2) is 5.82. The first-order chi connectivity index (χ1) is 9.74. The van der Waals surface area contributed by atoms with Gasteiger partial charge in [0.25, 0.3) is 0 Å². The maximum absolute atomic E-state index is 5.22. The fourth-order valence-electron chi connectivity index (χ4n) is 1.69. The van der Waals surface area contributed by atoms with Gasteiger partial charge in [-0.05, 0) is 40.3 Å². The first-order valence-corrected chi connectivity index (χ1v) is 7.78. The number of rotatable bonds is 3. The van der Waals surface area contributed by atoms with E-state index in [1.807, 2.05) is 42.5 Å². The standard InChI is InChI=1S/C13H9BrN4S2/c14-11-7-6-10(20-11)8-15-18-12(16-17-13(18)19)9-4-2-1-3-5-9/h1-8H,(H,17,19)/b15-8+. The van der Waals surface area contributed by atoms with Gasteiger partial charge in [0.05, 0.1) is 10.0 Å². The Morgan fingerprint density at radius 3 is 2.75 bits per heavy atom. The van der Waals surface area contributed by atoms with Crippen LogP contribution in [0, 0.1) is 4.77 Å². The molecule has 20 heavy (non-hydrogen) atoms. The molecule has 0 aliphatic carbocycles. The molecule has 1 N–H and O–H groups in total. The summed E-state index contributed by atoms with van der Waals surface area (Å²) in [4.78, 5) is 1.04. The maximum Gasteiger partial charge on any atom is 0.216 e. The number of hydrogen-bond acceptors (Lipinski definition) is 4. The van der Waals surface area contributed by atoms with Gasteiger partial charge in [-0.15, -0.1) is 11.3 Å². The van der Waals surface area contributed by atoms with Crippen LogP contribution in [-0.2, 0) is 0 Å². The van der Waals surface area contributed by atoms with Gasteiger partial charge >= 0.3 is 0 Å². The van der Waals surface area contributed by atoms with E-state index in [9.17, 15) is 0 Å². The minimum atomic E-state index is 0.468. The van der Waals surface area contributed by atoms with Crippen LogP contribution in [-0.4, -0.2) is 21.1 Å². The number of H-pyrrole nitrogens is 1. The molecule has 4 nitrogen and oxygen atoms in total. The summed E-state index contributed by atoms with van der Waals surface area (Å²) < 4.78 is 3.16. The molecule has 3 rings (SSSR count). The van der Waals surface area contributed by atoms with Gasteiger partial charge in [0, 0.05) is 10.4 Å². The van der Waals surface area contributed by atoms with Crippen molar-refractivity contribution >= 4 is 45.7 Å². The Morgan fingerprint density at radius 2 is 2.05 bits per heavy atom. The van der Waals surface area contributed by atoms with Crippen LogP contribution in [0.15, 0.2) is 51.4 Å². The van der Waals surface area contributed by atoms with Crippen molar-refractivity contribution in [2.24, 2.45) is 5.10 Å². The van der Waals surface area contributed by atoms with E-state index in [1.54, 1.807) is 22.2 Å². The summed E-state index contributed by atoms with van der Waals surface area (Å²) in [5.41, 5.74) is 0.962. The number of aromatic amines is 1. The minimum Gasteiger partial charge on any atom is -0.250 e. The number of halogens is 1. The largest absolute Gasteiger partial charge is 0.250 e. The Balaban J connectivity index is 2.00. The van der Waals surface area contributed by atoms with E-state index in [1.165, 1.54) is 0 Å². The van der Waals surface area contributed by atoms with Gasteiger partial charge < -0.3 is 0 Å². The molecule has 0 spiro atoms. The molecule has 7 heteroatoms. The van der Waals surface area contributed by atoms with Crippen LogP contribution in [0.4, 0.5) is 0 Å². The SMILES string of the molecule is S=c1[nH]nc(-c2ccccc2)n1/N=C/c1ccc(Br)s1. The van der Waals surface area contributed by atoms with Gasteiger partial charge in [-0.1, -0.05) is 30.3 Å². The highest BCUT2D eigenvalue weighted by Gasteiger charge is 2.07. The second-order valence-corrected chi connectivity index (χ2v) is 6.80. The van der Waals surface area contributed by atoms with Crippen molar-refractivity contribution in [2.45, 2.75) is 0 Å². The lowest BCUT2D eigenvalue weighted by Crippen LogP contribution is -1.94. The normalized spacial score (nSPS) is 11.2. The third kappa shape index (κ3) is 2.79. The van der Waals surface area contributed by atoms with E-state index in [0.717, 1.165) is 14.2 Å². The lowest BCUT2D eigenvalue weighted by molar-refractivity contribution is 0.872. The molecule has 2 aromatic heterocycles. The first-order valence-electron chi connectivity index (χ1n) is 5.76. The second-order valence-electron chi connectivity index (χ2n) is 3.92. The third-order valence-electron chi connectivity index (χ3n) is 2.58. The van der Waals surface area contributed by atoms with Crippen molar-refractivity contribution in [1.29, 1.82) is 0 Å². The Morgan fingerprint density at radius 1 is 1.25 bits per heavy atom. The highest BCUT2D eigenvalue weighted by molar-refractivity contribution is 9.11. The predicted octanol–water partition coefficient (Wildman–Crippen LogP) is 4.31. The van der Waals surface area contributed by atoms with E-state index in [2.05, 4.69) is 31.2 Å². The van der Waals surface area contributed by atoms with Crippen molar-refractivity contribution in [3.8, 4) is 11.4 Å². The number of benzene rings is 1. The van der Waals surface area contributed by atoms with Gasteiger partial charge in [-0.25, -0.2) is 5.10 Å². The molecule has 2 heterocycles. The van der Waals surface area contributed by atoms with E-state index in [4.69, 9.17) is 12.2 Å². The van der Waals surface area contributed by atoms with Gasteiger partial charge in [0.2, 0.25) is 4.77 Å². The maximum atomic E-state index is 5.22. The molecular formula is C13H9BrN4S2. The van der Waals surface area contributed by atoms with Crippen LogP contribution in [0.2, 0.25) is 0 Å². The van der Waals surface area contributed by atoms with Crippen molar-refractivity contribution in [2.75, 3.05) is 0 Å². The van der Waals surface area contributed by atoms with E-state index in [0.29, 0.717) is 10.6 Å². The average molecular weight is 365 g/mol. The summed E-state index contributed by atoms with van der Waals surface area (Å²) in [6.07, 6.45) is 1.77. The third-order valence-corrected chi connectivity index (χ3v) is 4.40. The van der Waals surface area contributed by atoms with Gasteiger partial charge in [0.15, 0.2) is 5.82 Å². The molecular weight excluding hydrogens is 356 g/mol. The fraction of sp³-hybridized carbons (Fsp3) is 0. The quantitative estimate of drug-likeness (QED) is 0.555. The molecule has 0 aliphatic rings. The number of nitrogens with zero attached hydrogens (tertiary/aromatic N) is 3. The Kier molecular flexibility index (Phi) is 3.90. The lowest BCUT2D eigenvalue weighted by atomic mass is 10.2. The average Bonchev–Trinajstić information content (AvgIpc) is 3.04. The molecule has 0 saturated heterocycles. The zero-order valence-corrected chi connectivity index (χ0v) is 13.4. The van der Waals surface area contributed by atoms with Crippen molar-refractivity contribution in [1.82, 2.24) is 14.9 Å². The molecule has 1 aromatic carbocycles. The summed E-state index contributed by atoms with van der Waals surface area (Å²) >= 11 is 10.3. The number of nitrogens with one attached hydrogen (secondary N) is 1. The lowest BCUT2D eigenvalue weighted by Gasteiger charge is -1.99. The molecule has 0 fully saturated rings. The Hall–Kier alpha value is -1.57. The zero-order valence-electron chi connectivity index (χ0n) is 10.2. The van der Waals surface area contributed by atoms with E-state index < -0.39 is 0 Å². The van der Waals surface area contributed by atoms with E-state index in [-0.39, 0.29) is 0 Å². The van der Waals surface area contributed by atoms with Crippen molar-refractivity contribution in [3.63, 3.8) is 0 Å². The van der Waals surface area contributed by atoms with Crippen LogP contribution < -0.4 is 0 Å². The molecule has 0 aliphatic heterocycles. The number of hydrogen-bond donors (Lipinski definition) is 1. The van der Waals surface area contributed by atoms with Crippen LogP contribution in [0.5, 0.6) is 0 Å². The van der Waals surface area contributed by atoms with Crippen LogP contribution >= 0.6 is 39.5 Å². The first kappa shape index (κ1) is 13.4. The molecule has 0 bridgehead atoms. The summed E-state index contributed by atoms with van der Waals surface area (Å²) in [6.45, 7) is 0. The van der Waals surface area contributed by atoms with E-state index >= 15 is 0 Å². The van der Waals surface area contributed by atoms with Crippen molar-refractivity contribution in [3.05, 3.63) is 55.9 Å². The monoisotopic (exact) mass is 364 g/mol. The fourth-order valence-corrected chi connectivity index (χ4v) is 3.15. The van der Waals surface area contributed by atoms with Crippen molar-refractivity contribution < 1.29 is 0 Å². The van der Waals surface area contributed by atoms with Gasteiger partial charge in [-0.3, -0.25) is 0 Å². The predicted molar refractivity (Wildman–Crippen MR) is 87.9 cm³/mol. The molecule has 0 unspecified atom stereocenters. The summed E-state index contributed by atoms with van der Waals surface area (Å²) in [6, 6.07) is 13.8. The van der Waals surface area contributed by atoms with Crippen LogP contribution in [0.3, 0.4) is 0 Å². The van der Waals surface area contributed by atoms with Gasteiger partial charge in [-0.2, -0.15) is 14.9 Å². The topological polar surface area (TPSA) is 46.0 Å². The number of aromatic nitrogens is 3. The smallest absolute Gasteiger partial charge is 0.216 e. The molecule has 0 saturated carbocycles. The summed E-state index contributed by atoms with van der Waals surface area (Å²) in [7, 11) is 0. The summed E-state index contributed by atoms with van der Waals surface area (Å²) in [5, 5.41) is 11.4. The zero-order chi connectivity index (χ0) is 13.9. The molecule has 0 atom stereocenters. The van der Waals surface area contributed by atoms with Crippen LogP contribution in [0.25, 0.3) is 11.4 Å². The molecule has 100 valence electrons. The summed E-state index contributed by atoms with van der Waals surface area (Å²) in [5.74, 6) is 0.697. The Bertz CT molecular complexity index is 801. The molecule has 3 aromatic rings. The highest BCUT2D eigenvalue weighted by atomic mass is 79.9.